The molecule has 6 aromatic rings. The zero-order valence-corrected chi connectivity index (χ0v) is 37.2. The van der Waals surface area contributed by atoms with Crippen LogP contribution in [0.3, 0.4) is 0 Å². The lowest BCUT2D eigenvalue weighted by Crippen LogP contribution is -2.55. The Balaban J connectivity index is 0.000000168. The van der Waals surface area contributed by atoms with E-state index in [1.807, 2.05) is 40.1 Å². The van der Waals surface area contributed by atoms with Crippen molar-refractivity contribution in [2.24, 2.45) is 0 Å². The van der Waals surface area contributed by atoms with Gasteiger partial charge in [-0.05, 0) is 97.5 Å². The molecule has 2 amide bonds. The number of hydrogen-bond acceptors (Lipinski definition) is 10. The van der Waals surface area contributed by atoms with E-state index < -0.39 is 23.0 Å². The zero-order chi connectivity index (χ0) is 46.9. The van der Waals surface area contributed by atoms with Crippen molar-refractivity contribution in [3.05, 3.63) is 177 Å². The Morgan fingerprint density at radius 3 is 1.40 bits per heavy atom. The number of rotatable bonds is 14. The third-order valence-corrected chi connectivity index (χ3v) is 12.6. The van der Waals surface area contributed by atoms with Gasteiger partial charge in [0, 0.05) is 18.5 Å². The highest BCUT2D eigenvalue weighted by Crippen LogP contribution is 2.47. The third-order valence-electron chi connectivity index (χ3n) is 12.2. The maximum absolute atomic E-state index is 13.4. The predicted molar refractivity (Wildman–Crippen MR) is 248 cm³/mol. The lowest BCUT2D eigenvalue weighted by molar-refractivity contribution is 0.0686. The number of carbonyl (C=O) groups is 4. The smallest absolute Gasteiger partial charge is 0.335 e. The summed E-state index contributed by atoms with van der Waals surface area (Å²) in [6.45, 7) is 2.22. The van der Waals surface area contributed by atoms with E-state index in [1.54, 1.807) is 60.7 Å². The number of nitrogens with one attached hydrogen (secondary N) is 2. The largest absolute Gasteiger partial charge is 0.487 e. The summed E-state index contributed by atoms with van der Waals surface area (Å²) in [7, 11) is 0. The van der Waals surface area contributed by atoms with Crippen LogP contribution in [0.15, 0.2) is 128 Å². The summed E-state index contributed by atoms with van der Waals surface area (Å²) in [5.41, 5.74) is 1.88. The number of pyridine rings is 2. The lowest BCUT2D eigenvalue weighted by atomic mass is 10.0. The molecule has 0 bridgehead atoms. The second-order valence-corrected chi connectivity index (χ2v) is 17.8. The summed E-state index contributed by atoms with van der Waals surface area (Å²) in [5.74, 6) is -0.562. The van der Waals surface area contributed by atoms with Crippen LogP contribution < -0.4 is 29.9 Å². The Morgan fingerprint density at radius 1 is 0.582 bits per heavy atom. The van der Waals surface area contributed by atoms with Gasteiger partial charge in [-0.25, -0.2) is 23.9 Å². The number of para-hydroxylation sites is 1. The molecule has 4 heterocycles. The molecule has 67 heavy (non-hydrogen) atoms. The number of amides is 2. The molecule has 2 saturated heterocycles. The minimum atomic E-state index is -0.996. The summed E-state index contributed by atoms with van der Waals surface area (Å²) in [5, 5.41) is 25.2. The molecule has 17 heteroatoms. The number of ether oxygens (including phenoxy) is 2. The molecule has 2 aromatic heterocycles. The second kappa shape index (κ2) is 18.6. The number of aromatic carboxylic acids is 2. The van der Waals surface area contributed by atoms with Gasteiger partial charge in [-0.15, -0.1) is 0 Å². The fraction of sp³-hybridized carbons (Fsp3) is 0.240. The molecule has 0 unspecified atom stereocenters. The second-order valence-electron chi connectivity index (χ2n) is 16.9. The monoisotopic (exact) mass is 944 g/mol. The van der Waals surface area contributed by atoms with Crippen molar-refractivity contribution in [1.82, 2.24) is 20.6 Å². The molecule has 2 aliphatic carbocycles. The van der Waals surface area contributed by atoms with E-state index in [9.17, 15) is 23.6 Å². The highest BCUT2D eigenvalue weighted by atomic mass is 35.5. The highest BCUT2D eigenvalue weighted by Gasteiger charge is 2.47. The van der Waals surface area contributed by atoms with E-state index in [0.29, 0.717) is 64.7 Å². The summed E-state index contributed by atoms with van der Waals surface area (Å²) in [6.07, 6.45) is 5.96. The number of carboxylic acid groups (broad SMARTS) is 2. The molecule has 2 aliphatic heterocycles. The molecule has 4 aliphatic rings. The first kappa shape index (κ1) is 44.9. The molecule has 4 aromatic carbocycles. The van der Waals surface area contributed by atoms with Crippen LogP contribution in [-0.4, -0.2) is 82.3 Å². The quantitative estimate of drug-likeness (QED) is 0.0820. The first-order valence-corrected chi connectivity index (χ1v) is 22.3. The standard InChI is InChI=1S/C25H21ClFN3O4.C25H22ClN3O4/c26-17-10-21(23(31)29-25(8-9-25)16-6-4-15(5-7-16)24(32)33)22(28-12-17)30-13-20(14-30)34-19-3-1-2-18(27)11-19;26-18-12-21(22(27-13-18)29-14-20(15-29)33-19-4-2-1-3-5-19)23(30)28-25(10-11-25)17-8-6-16(7-9-17)24(31)32/h1-7,10-12,20H,8-9,13-14H2,(H,29,31)(H,32,33);1-9,12-13,20H,10-11,14-15H2,(H,28,30)(H,31,32). The van der Waals surface area contributed by atoms with Gasteiger partial charge in [0.05, 0.1) is 69.6 Å². The summed E-state index contributed by atoms with van der Waals surface area (Å²) >= 11 is 12.3. The van der Waals surface area contributed by atoms with Gasteiger partial charge in [0.25, 0.3) is 11.8 Å². The number of carbonyl (C=O) groups excluding carboxylic acids is 2. The van der Waals surface area contributed by atoms with Crippen molar-refractivity contribution in [1.29, 1.82) is 0 Å². The topological polar surface area (TPSA) is 184 Å². The Bertz CT molecular complexity index is 2840. The van der Waals surface area contributed by atoms with Crippen molar-refractivity contribution in [2.75, 3.05) is 36.0 Å². The van der Waals surface area contributed by atoms with Gasteiger partial charge < -0.3 is 40.1 Å². The van der Waals surface area contributed by atoms with Crippen LogP contribution >= 0.6 is 23.2 Å². The predicted octanol–water partition coefficient (Wildman–Crippen LogP) is 8.38. The minimum Gasteiger partial charge on any atom is -0.487 e. The third kappa shape index (κ3) is 10.1. The highest BCUT2D eigenvalue weighted by molar-refractivity contribution is 6.31. The molecule has 342 valence electrons. The fourth-order valence-electron chi connectivity index (χ4n) is 8.15. The van der Waals surface area contributed by atoms with Crippen LogP contribution in [-0.2, 0) is 11.1 Å². The van der Waals surface area contributed by atoms with E-state index in [1.165, 1.54) is 36.7 Å². The van der Waals surface area contributed by atoms with Gasteiger partial charge in [0.1, 0.15) is 41.2 Å². The number of anilines is 2. The molecule has 10 rings (SSSR count). The van der Waals surface area contributed by atoms with Crippen LogP contribution in [0.4, 0.5) is 16.0 Å². The van der Waals surface area contributed by atoms with E-state index in [0.717, 1.165) is 42.6 Å². The van der Waals surface area contributed by atoms with E-state index in [2.05, 4.69) is 20.6 Å². The maximum Gasteiger partial charge on any atom is 0.335 e. The van der Waals surface area contributed by atoms with Gasteiger partial charge in [0.15, 0.2) is 0 Å². The van der Waals surface area contributed by atoms with Crippen LogP contribution in [0.1, 0.15) is 78.2 Å². The Morgan fingerprint density at radius 2 is 1.00 bits per heavy atom. The first-order valence-electron chi connectivity index (χ1n) is 21.5. The molecule has 0 atom stereocenters. The summed E-state index contributed by atoms with van der Waals surface area (Å²) in [4.78, 5) is 61.5. The van der Waals surface area contributed by atoms with E-state index >= 15 is 0 Å². The van der Waals surface area contributed by atoms with Gasteiger partial charge in [-0.2, -0.15) is 0 Å². The number of hydrogen-bond donors (Lipinski definition) is 4. The number of nitrogens with zero attached hydrogens (tertiary/aromatic N) is 4. The minimum absolute atomic E-state index is 0.0170. The fourth-order valence-corrected chi connectivity index (χ4v) is 8.47. The molecule has 4 N–H and O–H groups in total. The van der Waals surface area contributed by atoms with Crippen molar-refractivity contribution in [2.45, 2.75) is 49.0 Å². The summed E-state index contributed by atoms with van der Waals surface area (Å²) in [6, 6.07) is 32.0. The molecule has 4 fully saturated rings. The van der Waals surface area contributed by atoms with Gasteiger partial charge in [-0.3, -0.25) is 9.59 Å². The average Bonchev–Trinajstić information content (AvgIpc) is 4.25. The number of halogens is 3. The Hall–Kier alpha value is -7.23. The number of carboxylic acids is 2. The Kier molecular flexibility index (Phi) is 12.5. The van der Waals surface area contributed by atoms with Gasteiger partial charge in [0.2, 0.25) is 0 Å². The average molecular weight is 946 g/mol. The van der Waals surface area contributed by atoms with Crippen LogP contribution in [0, 0.1) is 5.82 Å². The van der Waals surface area contributed by atoms with Crippen molar-refractivity contribution in [3.63, 3.8) is 0 Å². The summed E-state index contributed by atoms with van der Waals surface area (Å²) < 4.78 is 25.2. The van der Waals surface area contributed by atoms with E-state index in [-0.39, 0.29) is 41.0 Å². The molecule has 0 spiro atoms. The first-order chi connectivity index (χ1) is 32.3. The molecular formula is C50H43Cl2FN6O8. The van der Waals surface area contributed by atoms with Crippen LogP contribution in [0.2, 0.25) is 10.0 Å². The molecule has 14 nitrogen and oxygen atoms in total. The Labute approximate surface area is 394 Å². The van der Waals surface area contributed by atoms with Crippen molar-refractivity contribution < 1.29 is 43.3 Å². The lowest BCUT2D eigenvalue weighted by Gasteiger charge is -2.40. The molecular weight excluding hydrogens is 902 g/mol. The molecule has 0 radical (unpaired) electrons. The van der Waals surface area contributed by atoms with Crippen molar-refractivity contribution >= 4 is 58.6 Å². The van der Waals surface area contributed by atoms with Crippen LogP contribution in [0.5, 0.6) is 11.5 Å². The SMILES string of the molecule is O=C(O)c1ccc(C2(NC(=O)c3cc(Cl)cnc3N3CC(Oc4cccc(F)c4)C3)CC2)cc1.O=C(O)c1ccc(C2(NC(=O)c3cc(Cl)cnc3N3CC(Oc4ccccc4)C3)CC2)cc1. The van der Waals surface area contributed by atoms with E-state index in [4.69, 9.17) is 42.9 Å². The zero-order valence-electron chi connectivity index (χ0n) is 35.7. The maximum atomic E-state index is 13.4. The number of aromatic nitrogens is 2. The van der Waals surface area contributed by atoms with Crippen LogP contribution in [0.25, 0.3) is 0 Å². The molecule has 2 saturated carbocycles. The number of benzene rings is 4. The van der Waals surface area contributed by atoms with Gasteiger partial charge >= 0.3 is 11.9 Å². The van der Waals surface area contributed by atoms with Gasteiger partial charge in [-0.1, -0.05) is 71.7 Å². The normalized spacial score (nSPS) is 16.5. The van der Waals surface area contributed by atoms with Crippen molar-refractivity contribution in [3.8, 4) is 11.5 Å².